The van der Waals surface area contributed by atoms with E-state index in [-0.39, 0.29) is 0 Å². The molecule has 0 spiro atoms. The molecular weight excluding hydrogens is 251 g/mol. The van der Waals surface area contributed by atoms with Crippen molar-refractivity contribution in [2.75, 3.05) is 6.61 Å². The molecule has 0 unspecified atom stereocenters. The van der Waals surface area contributed by atoms with Crippen molar-refractivity contribution in [3.05, 3.63) is 0 Å². The average Bonchev–Trinajstić information content (AvgIpc) is 1.94. The van der Waals surface area contributed by atoms with Crippen molar-refractivity contribution in [3.63, 3.8) is 0 Å². The van der Waals surface area contributed by atoms with Crippen LogP contribution in [0.25, 0.3) is 0 Å². The normalized spacial score (nSPS) is 14.3. The third-order valence-electron chi connectivity index (χ3n) is 1.28. The predicted molar refractivity (Wildman–Crippen MR) is 37.7 cm³/mol. The molecule has 10 heteroatoms. The van der Waals surface area contributed by atoms with Gasteiger partial charge in [0.15, 0.2) is 0 Å². The monoisotopic (exact) mass is 258 g/mol. The van der Waals surface area contributed by atoms with Crippen LogP contribution in [0.15, 0.2) is 0 Å². The lowest BCUT2D eigenvalue weighted by molar-refractivity contribution is -0.284. The summed E-state index contributed by atoms with van der Waals surface area (Å²) in [7, 11) is -4.80. The Morgan fingerprint density at radius 2 is 1.60 bits per heavy atom. The van der Waals surface area contributed by atoms with Gasteiger partial charge in [-0.25, -0.2) is 4.18 Å². The molecule has 0 aromatic carbocycles. The maximum absolute atomic E-state index is 12.2. The van der Waals surface area contributed by atoms with Crippen molar-refractivity contribution in [1.82, 2.24) is 0 Å². The van der Waals surface area contributed by atoms with E-state index in [1.807, 2.05) is 0 Å². The minimum absolute atomic E-state index is 0.855. The molecule has 0 bridgehead atoms. The maximum Gasteiger partial charge on any atom is 0.453 e. The van der Waals surface area contributed by atoms with Gasteiger partial charge in [0.05, 0.1) is 6.61 Å². The van der Waals surface area contributed by atoms with Crippen LogP contribution >= 0.6 is 0 Å². The highest BCUT2D eigenvalue weighted by Gasteiger charge is 2.56. The maximum atomic E-state index is 12.2. The van der Waals surface area contributed by atoms with E-state index >= 15 is 0 Å². The lowest BCUT2D eigenvalue weighted by atomic mass is 10.2. The van der Waals surface area contributed by atoms with Crippen molar-refractivity contribution in [2.45, 2.75) is 24.9 Å². The Balaban J connectivity index is 3.98. The van der Waals surface area contributed by atoms with Gasteiger partial charge < -0.3 is 0 Å². The molecule has 0 fully saturated rings. The lowest BCUT2D eigenvalue weighted by Crippen LogP contribution is -2.36. The summed E-state index contributed by atoms with van der Waals surface area (Å²) in [6.45, 7) is -0.940. The molecule has 4 nitrogen and oxygen atoms in total. The molecule has 0 saturated carbocycles. The van der Waals surface area contributed by atoms with Gasteiger partial charge in [0, 0.05) is 6.42 Å². The lowest BCUT2D eigenvalue weighted by Gasteiger charge is -2.18. The van der Waals surface area contributed by atoms with Gasteiger partial charge in [-0.2, -0.15) is 30.4 Å². The van der Waals surface area contributed by atoms with Crippen molar-refractivity contribution < 1.29 is 39.1 Å². The van der Waals surface area contributed by atoms with Gasteiger partial charge in [0.2, 0.25) is 0 Å². The molecule has 1 N–H and O–H groups in total. The molecule has 0 rings (SSSR count). The van der Waals surface area contributed by atoms with E-state index in [2.05, 4.69) is 4.18 Å². The number of halogens is 5. The Hall–Kier alpha value is -0.480. The molecule has 0 aliphatic carbocycles. The Morgan fingerprint density at radius 1 is 1.13 bits per heavy atom. The molecule has 92 valence electrons. The molecule has 15 heavy (non-hydrogen) atoms. The molecule has 0 heterocycles. The van der Waals surface area contributed by atoms with Crippen LogP contribution < -0.4 is 0 Å². The van der Waals surface area contributed by atoms with E-state index in [0.29, 0.717) is 0 Å². The van der Waals surface area contributed by atoms with Crippen LogP contribution in [0.2, 0.25) is 0 Å². The van der Waals surface area contributed by atoms with Crippen molar-refractivity contribution in [1.29, 1.82) is 0 Å². The third-order valence-corrected chi connectivity index (χ3v) is 1.75. The predicted octanol–water partition coefficient (Wildman–Crippen LogP) is 1.78. The van der Waals surface area contributed by atoms with Gasteiger partial charge >= 0.3 is 22.5 Å². The highest BCUT2D eigenvalue weighted by Crippen LogP contribution is 2.38. The molecule has 0 aliphatic rings. The molecule has 0 radical (unpaired) electrons. The van der Waals surface area contributed by atoms with E-state index in [0.717, 1.165) is 0 Å². The second kappa shape index (κ2) is 4.58. The summed E-state index contributed by atoms with van der Waals surface area (Å²) in [6, 6.07) is 0. The average molecular weight is 258 g/mol. The first-order valence-electron chi connectivity index (χ1n) is 3.52. The largest absolute Gasteiger partial charge is 0.453 e. The fourth-order valence-electron chi connectivity index (χ4n) is 0.600. The molecule has 0 amide bonds. The molecular formula is C5H7F5O4S. The SMILES string of the molecule is O=S(=O)(O)OCCCC(F)(F)C(F)(F)F. The van der Waals surface area contributed by atoms with Crippen molar-refractivity contribution in [3.8, 4) is 0 Å². The Kier molecular flexibility index (Phi) is 4.43. The number of rotatable bonds is 5. The Morgan fingerprint density at radius 3 is 1.93 bits per heavy atom. The van der Waals surface area contributed by atoms with Gasteiger partial charge in [0.25, 0.3) is 0 Å². The first kappa shape index (κ1) is 14.5. The number of hydrogen-bond acceptors (Lipinski definition) is 3. The number of alkyl halides is 5. The molecule has 0 atom stereocenters. The van der Waals surface area contributed by atoms with E-state index in [1.54, 1.807) is 0 Å². The van der Waals surface area contributed by atoms with Crippen LogP contribution in [0.1, 0.15) is 12.8 Å². The second-order valence-corrected chi connectivity index (χ2v) is 3.65. The smallest absolute Gasteiger partial charge is 0.264 e. The standard InChI is InChI=1S/C5H7F5O4S/c6-4(7,5(8,9)10)2-1-3-14-15(11,12)13/h1-3H2,(H,11,12,13). The molecule has 0 aromatic heterocycles. The molecule has 0 aromatic rings. The zero-order valence-electron chi connectivity index (χ0n) is 7.09. The summed E-state index contributed by atoms with van der Waals surface area (Å²) in [5.74, 6) is -4.89. The van der Waals surface area contributed by atoms with Crippen LogP contribution in [0, 0.1) is 0 Å². The van der Waals surface area contributed by atoms with Crippen LogP contribution in [0.5, 0.6) is 0 Å². The van der Waals surface area contributed by atoms with Crippen molar-refractivity contribution >= 4 is 10.4 Å². The summed E-state index contributed by atoms with van der Waals surface area (Å²) in [5, 5.41) is 0. The van der Waals surface area contributed by atoms with E-state index in [4.69, 9.17) is 4.55 Å². The van der Waals surface area contributed by atoms with Crippen LogP contribution in [0.4, 0.5) is 22.0 Å². The van der Waals surface area contributed by atoms with Crippen LogP contribution in [0.3, 0.4) is 0 Å². The van der Waals surface area contributed by atoms with Crippen LogP contribution in [-0.4, -0.2) is 31.7 Å². The minimum atomic E-state index is -5.68. The first-order valence-corrected chi connectivity index (χ1v) is 4.88. The summed E-state index contributed by atoms with van der Waals surface area (Å²) >= 11 is 0. The van der Waals surface area contributed by atoms with E-state index < -0.39 is 41.9 Å². The fraction of sp³-hybridized carbons (Fsp3) is 1.00. The highest BCUT2D eigenvalue weighted by molar-refractivity contribution is 7.80. The van der Waals surface area contributed by atoms with Gasteiger partial charge in [-0.1, -0.05) is 0 Å². The van der Waals surface area contributed by atoms with Gasteiger partial charge in [0.1, 0.15) is 0 Å². The summed E-state index contributed by atoms with van der Waals surface area (Å²) in [4.78, 5) is 0. The topological polar surface area (TPSA) is 63.6 Å². The fourth-order valence-corrected chi connectivity index (χ4v) is 0.929. The van der Waals surface area contributed by atoms with E-state index in [1.165, 1.54) is 0 Å². The van der Waals surface area contributed by atoms with Gasteiger partial charge in [-0.3, -0.25) is 4.55 Å². The van der Waals surface area contributed by atoms with E-state index in [9.17, 15) is 30.4 Å². The molecule has 0 saturated heterocycles. The number of hydrogen-bond donors (Lipinski definition) is 1. The first-order chi connectivity index (χ1) is 6.46. The van der Waals surface area contributed by atoms with Crippen LogP contribution in [-0.2, 0) is 14.6 Å². The highest BCUT2D eigenvalue weighted by atomic mass is 32.3. The second-order valence-electron chi connectivity index (χ2n) is 2.56. The van der Waals surface area contributed by atoms with Gasteiger partial charge in [-0.05, 0) is 6.42 Å². The zero-order valence-corrected chi connectivity index (χ0v) is 7.91. The summed E-state index contributed by atoms with van der Waals surface area (Å²) < 4.78 is 90.2. The Bertz CT molecular complexity index is 295. The minimum Gasteiger partial charge on any atom is -0.264 e. The molecule has 0 aliphatic heterocycles. The summed E-state index contributed by atoms with van der Waals surface area (Å²) in [6.07, 6.45) is -8.14. The summed E-state index contributed by atoms with van der Waals surface area (Å²) in [5.41, 5.74) is 0. The Labute approximate surface area is 82.0 Å². The zero-order chi connectivity index (χ0) is 12.3. The van der Waals surface area contributed by atoms with Gasteiger partial charge in [-0.15, -0.1) is 0 Å². The quantitative estimate of drug-likeness (QED) is 0.464. The third kappa shape index (κ3) is 5.85. The van der Waals surface area contributed by atoms with Crippen molar-refractivity contribution in [2.24, 2.45) is 0 Å².